The van der Waals surface area contributed by atoms with Crippen molar-refractivity contribution in [1.29, 1.82) is 0 Å². The van der Waals surface area contributed by atoms with Crippen molar-refractivity contribution in [2.45, 2.75) is 0 Å². The summed E-state index contributed by atoms with van der Waals surface area (Å²) >= 11 is 0. The van der Waals surface area contributed by atoms with Gasteiger partial charge in [0.1, 0.15) is 6.54 Å². The lowest BCUT2D eigenvalue weighted by Crippen LogP contribution is -2.80. The molecule has 1 amide bonds. The highest BCUT2D eigenvalue weighted by Crippen LogP contribution is 1.45. The molecule has 6 N–H and O–H groups in total. The van der Waals surface area contributed by atoms with Crippen LogP contribution in [0.1, 0.15) is 0 Å². The van der Waals surface area contributed by atoms with Gasteiger partial charge in [0, 0.05) is 7.05 Å². The number of carbonyl (C=O) groups is 1. The van der Waals surface area contributed by atoms with Crippen LogP contribution in [0.25, 0.3) is 0 Å². The van der Waals surface area contributed by atoms with Gasteiger partial charge in [-0.05, 0) is 0 Å². The third-order valence-electron chi connectivity index (χ3n) is 0.732. The first-order valence-electron chi connectivity index (χ1n) is 2.49. The van der Waals surface area contributed by atoms with Crippen molar-refractivity contribution in [2.24, 2.45) is 11.5 Å². The largest absolute Gasteiger partial charge is 0.356 e. The van der Waals surface area contributed by atoms with Gasteiger partial charge in [0.25, 0.3) is 5.91 Å². The zero-order valence-corrected chi connectivity index (χ0v) is 5.27. The molecule has 0 radical (unpaired) electrons. The molecule has 0 aliphatic heterocycles. The molecule has 0 saturated heterocycles. The van der Waals surface area contributed by atoms with Gasteiger partial charge >= 0.3 is 5.96 Å². The lowest BCUT2D eigenvalue weighted by molar-refractivity contribution is -0.446. The second kappa shape index (κ2) is 3.71. The van der Waals surface area contributed by atoms with Crippen LogP contribution in [0.5, 0.6) is 0 Å². The highest BCUT2D eigenvalue weighted by Gasteiger charge is 1.94. The Morgan fingerprint density at radius 2 is 2.22 bits per heavy atom. The van der Waals surface area contributed by atoms with Crippen LogP contribution >= 0.6 is 0 Å². The predicted octanol–water partition coefficient (Wildman–Crippen LogP) is -3.91. The Kier molecular flexibility index (Phi) is 3.19. The van der Waals surface area contributed by atoms with Gasteiger partial charge in [-0.3, -0.25) is 21.3 Å². The summed E-state index contributed by atoms with van der Waals surface area (Å²) in [5, 5.41) is 2.39. The average molecular weight is 131 g/mol. The molecule has 0 atom stereocenters. The molecule has 0 fully saturated rings. The normalized spacial score (nSPS) is 8.11. The number of rotatable bonds is 2. The highest BCUT2D eigenvalue weighted by molar-refractivity contribution is 5.77. The van der Waals surface area contributed by atoms with Crippen LogP contribution in [0.2, 0.25) is 0 Å². The molecular weight excluding hydrogens is 120 g/mol. The van der Waals surface area contributed by atoms with Crippen molar-refractivity contribution in [3.05, 3.63) is 0 Å². The number of likely N-dealkylation sites (N-methyl/N-ethyl adjacent to an activating group) is 1. The Labute approximate surface area is 53.1 Å². The van der Waals surface area contributed by atoms with Crippen molar-refractivity contribution in [1.82, 2.24) is 5.32 Å². The van der Waals surface area contributed by atoms with Crippen molar-refractivity contribution in [3.8, 4) is 0 Å². The first kappa shape index (κ1) is 7.74. The van der Waals surface area contributed by atoms with Gasteiger partial charge in [-0.2, -0.15) is 0 Å². The molecule has 0 aromatic carbocycles. The van der Waals surface area contributed by atoms with Gasteiger partial charge in [0.05, 0.1) is 0 Å². The second-order valence-electron chi connectivity index (χ2n) is 1.48. The molecular formula is C4H11N4O+. The quantitative estimate of drug-likeness (QED) is 0.228. The standard InChI is InChI=1S/C4H10N4O/c1-7-3(9)2-8-4(5)6/h2H2,1H3,(H,7,9)(H4,5,6,8)/p+1. The molecule has 5 heteroatoms. The highest BCUT2D eigenvalue weighted by atomic mass is 16.1. The van der Waals surface area contributed by atoms with Crippen LogP contribution in [0.4, 0.5) is 0 Å². The van der Waals surface area contributed by atoms with E-state index >= 15 is 0 Å². The summed E-state index contributed by atoms with van der Waals surface area (Å²) in [4.78, 5) is 12.9. The summed E-state index contributed by atoms with van der Waals surface area (Å²) in [5.74, 6) is -0.0954. The maximum atomic E-state index is 10.4. The van der Waals surface area contributed by atoms with Gasteiger partial charge in [-0.1, -0.05) is 0 Å². The molecule has 52 valence electrons. The Hall–Kier alpha value is -1.26. The third-order valence-corrected chi connectivity index (χ3v) is 0.732. The molecule has 0 aliphatic rings. The van der Waals surface area contributed by atoms with Crippen LogP contribution in [-0.4, -0.2) is 25.5 Å². The summed E-state index contributed by atoms with van der Waals surface area (Å²) in [6.07, 6.45) is 0. The van der Waals surface area contributed by atoms with Crippen LogP contribution in [0, 0.1) is 0 Å². The summed E-state index contributed by atoms with van der Waals surface area (Å²) in [7, 11) is 1.54. The number of nitrogens with one attached hydrogen (secondary N) is 2. The lowest BCUT2D eigenvalue weighted by atomic mass is 10.6. The molecule has 0 bridgehead atoms. The Morgan fingerprint density at radius 3 is 2.56 bits per heavy atom. The predicted molar refractivity (Wildman–Crippen MR) is 33.3 cm³/mol. The average Bonchev–Trinajstić information content (AvgIpc) is 1.83. The van der Waals surface area contributed by atoms with Gasteiger partial charge in [0.15, 0.2) is 0 Å². The van der Waals surface area contributed by atoms with Crippen molar-refractivity contribution >= 4 is 11.9 Å². The van der Waals surface area contributed by atoms with Gasteiger partial charge < -0.3 is 5.32 Å². The van der Waals surface area contributed by atoms with E-state index in [4.69, 9.17) is 11.5 Å². The molecule has 9 heavy (non-hydrogen) atoms. The zero-order valence-electron chi connectivity index (χ0n) is 5.27. The molecule has 0 rings (SSSR count). The van der Waals surface area contributed by atoms with Gasteiger partial charge in [-0.25, -0.2) is 0 Å². The maximum Gasteiger partial charge on any atom is 0.339 e. The molecule has 0 aromatic heterocycles. The first-order chi connectivity index (χ1) is 4.16. The number of amides is 1. The van der Waals surface area contributed by atoms with E-state index in [0.29, 0.717) is 0 Å². The van der Waals surface area contributed by atoms with E-state index in [0.717, 1.165) is 0 Å². The Morgan fingerprint density at radius 1 is 1.67 bits per heavy atom. The number of hydrogen-bond acceptors (Lipinski definition) is 1. The molecule has 0 aliphatic carbocycles. The van der Waals surface area contributed by atoms with Crippen LogP contribution in [-0.2, 0) is 4.79 Å². The van der Waals surface area contributed by atoms with E-state index in [9.17, 15) is 4.79 Å². The molecule has 0 saturated carbocycles. The van der Waals surface area contributed by atoms with E-state index < -0.39 is 0 Å². The van der Waals surface area contributed by atoms with E-state index in [1.807, 2.05) is 0 Å². The number of hydrogen-bond donors (Lipinski definition) is 4. The van der Waals surface area contributed by atoms with Crippen LogP contribution in [0.3, 0.4) is 0 Å². The third kappa shape index (κ3) is 4.60. The van der Waals surface area contributed by atoms with E-state index in [-0.39, 0.29) is 18.4 Å². The molecule has 5 nitrogen and oxygen atoms in total. The minimum Gasteiger partial charge on any atom is -0.356 e. The summed E-state index contributed by atoms with van der Waals surface area (Å²) in [5.41, 5.74) is 10.00. The fourth-order valence-electron chi connectivity index (χ4n) is 0.271. The molecule has 0 unspecified atom stereocenters. The van der Waals surface area contributed by atoms with Crippen molar-refractivity contribution in [3.63, 3.8) is 0 Å². The smallest absolute Gasteiger partial charge is 0.339 e. The van der Waals surface area contributed by atoms with Crippen molar-refractivity contribution in [2.75, 3.05) is 13.6 Å². The van der Waals surface area contributed by atoms with Crippen molar-refractivity contribution < 1.29 is 9.79 Å². The number of carbonyl (C=O) groups excluding carboxylic acids is 1. The Balaban J connectivity index is 3.50. The fraction of sp³-hybridized carbons (Fsp3) is 0.500. The molecule has 0 aromatic rings. The maximum absolute atomic E-state index is 10.4. The number of guanidine groups is 1. The first-order valence-corrected chi connectivity index (χ1v) is 2.49. The van der Waals surface area contributed by atoms with Crippen LogP contribution < -0.4 is 21.8 Å². The van der Waals surface area contributed by atoms with E-state index in [2.05, 4.69) is 10.3 Å². The van der Waals surface area contributed by atoms with E-state index in [1.165, 1.54) is 7.05 Å². The summed E-state index contributed by atoms with van der Waals surface area (Å²) in [6, 6.07) is 0. The summed E-state index contributed by atoms with van der Waals surface area (Å²) < 4.78 is 0. The number of nitrogens with two attached hydrogens (primary N) is 2. The fourth-order valence-corrected chi connectivity index (χ4v) is 0.271. The monoisotopic (exact) mass is 131 g/mol. The minimum atomic E-state index is -0.150. The minimum absolute atomic E-state index is 0.0543. The lowest BCUT2D eigenvalue weighted by Gasteiger charge is -1.90. The van der Waals surface area contributed by atoms with Gasteiger partial charge in [-0.15, -0.1) is 0 Å². The van der Waals surface area contributed by atoms with Crippen LogP contribution in [0.15, 0.2) is 0 Å². The Bertz CT molecular complexity index is 127. The molecule has 0 spiro atoms. The van der Waals surface area contributed by atoms with E-state index in [1.54, 1.807) is 0 Å². The SMILES string of the molecule is CNC(=O)C[NH+]=C(N)N. The molecule has 0 heterocycles. The second-order valence-corrected chi connectivity index (χ2v) is 1.48. The summed E-state index contributed by atoms with van der Waals surface area (Å²) in [6.45, 7) is 0.124. The topological polar surface area (TPSA) is 95.1 Å². The van der Waals surface area contributed by atoms with Gasteiger partial charge in [0.2, 0.25) is 0 Å². The zero-order chi connectivity index (χ0) is 7.28.